The molecular formula is C29H34N4O5. The number of piperidine rings is 1. The monoisotopic (exact) mass is 518 g/mol. The molecule has 1 saturated heterocycles. The Labute approximate surface area is 222 Å². The van der Waals surface area contributed by atoms with Gasteiger partial charge in [0.05, 0.1) is 37.1 Å². The summed E-state index contributed by atoms with van der Waals surface area (Å²) in [5.74, 6) is 0.437. The Morgan fingerprint density at radius 2 is 1.76 bits per heavy atom. The second-order valence-corrected chi connectivity index (χ2v) is 10.1. The quantitative estimate of drug-likeness (QED) is 0.469. The number of benzene rings is 2. The smallest absolute Gasteiger partial charge is 0.338 e. The summed E-state index contributed by atoms with van der Waals surface area (Å²) in [6.07, 6.45) is 6.49. The lowest BCUT2D eigenvalue weighted by molar-refractivity contribution is -0.145. The highest BCUT2D eigenvalue weighted by molar-refractivity contribution is 5.89. The van der Waals surface area contributed by atoms with Crippen LogP contribution in [0.15, 0.2) is 60.8 Å². The highest BCUT2D eigenvalue weighted by Crippen LogP contribution is 2.39. The van der Waals surface area contributed by atoms with Crippen LogP contribution in [-0.4, -0.2) is 56.6 Å². The summed E-state index contributed by atoms with van der Waals surface area (Å²) >= 11 is 0. The summed E-state index contributed by atoms with van der Waals surface area (Å²) in [6, 6.07) is 15.9. The molecule has 9 nitrogen and oxygen atoms in total. The number of carbonyl (C=O) groups excluding carboxylic acids is 2. The van der Waals surface area contributed by atoms with Gasteiger partial charge in [-0.25, -0.2) is 9.48 Å². The summed E-state index contributed by atoms with van der Waals surface area (Å²) in [5, 5.41) is 19.6. The molecule has 38 heavy (non-hydrogen) atoms. The number of esters is 1. The fraction of sp³-hybridized carbons (Fsp3) is 0.448. The fourth-order valence-corrected chi connectivity index (χ4v) is 5.56. The molecule has 1 aliphatic heterocycles. The molecule has 1 N–H and O–H groups in total. The molecule has 0 radical (unpaired) electrons. The van der Waals surface area contributed by atoms with Crippen LogP contribution in [-0.2, 0) is 16.1 Å². The molecule has 1 aromatic heterocycles. The number of hydrogen-bond donors (Lipinski definition) is 1. The normalized spacial score (nSPS) is 22.2. The first kappa shape index (κ1) is 25.9. The van der Waals surface area contributed by atoms with E-state index in [1.54, 1.807) is 42.3 Å². The molecule has 2 aliphatic rings. The van der Waals surface area contributed by atoms with Gasteiger partial charge in [-0.15, -0.1) is 5.10 Å². The minimum atomic E-state index is -0.807. The van der Waals surface area contributed by atoms with Gasteiger partial charge in [0.25, 0.3) is 0 Å². The van der Waals surface area contributed by atoms with E-state index >= 15 is 0 Å². The molecule has 200 valence electrons. The Hall–Kier alpha value is -3.72. The number of aromatic nitrogens is 3. The molecule has 2 aromatic carbocycles. The predicted molar refractivity (Wildman–Crippen MR) is 139 cm³/mol. The first-order valence-electron chi connectivity index (χ1n) is 13.3. The van der Waals surface area contributed by atoms with Crippen LogP contribution < -0.4 is 4.74 Å². The second kappa shape index (κ2) is 11.8. The van der Waals surface area contributed by atoms with Crippen LogP contribution in [0.5, 0.6) is 5.75 Å². The van der Waals surface area contributed by atoms with E-state index in [1.807, 2.05) is 35.2 Å². The van der Waals surface area contributed by atoms with Crippen LogP contribution in [0.4, 0.5) is 0 Å². The molecule has 5 rings (SSSR count). The van der Waals surface area contributed by atoms with E-state index in [2.05, 4.69) is 10.3 Å². The van der Waals surface area contributed by atoms with Crippen molar-refractivity contribution in [3.8, 4) is 5.75 Å². The Morgan fingerprint density at radius 1 is 1.03 bits per heavy atom. The van der Waals surface area contributed by atoms with Crippen LogP contribution in [0.25, 0.3) is 0 Å². The highest BCUT2D eigenvalue weighted by atomic mass is 16.5. The van der Waals surface area contributed by atoms with E-state index in [9.17, 15) is 14.7 Å². The van der Waals surface area contributed by atoms with Crippen molar-refractivity contribution in [1.29, 1.82) is 0 Å². The van der Waals surface area contributed by atoms with Crippen LogP contribution in [0.2, 0.25) is 0 Å². The van der Waals surface area contributed by atoms with E-state index in [0.29, 0.717) is 17.7 Å². The molecule has 1 amide bonds. The third kappa shape index (κ3) is 5.72. The van der Waals surface area contributed by atoms with Gasteiger partial charge in [0, 0.05) is 12.5 Å². The zero-order chi connectivity index (χ0) is 26.5. The topological polar surface area (TPSA) is 107 Å². The van der Waals surface area contributed by atoms with Crippen LogP contribution in [0, 0.1) is 5.92 Å². The molecule has 0 unspecified atom stereocenters. The van der Waals surface area contributed by atoms with E-state index in [-0.39, 0.29) is 37.1 Å². The first-order chi connectivity index (χ1) is 18.5. The minimum absolute atomic E-state index is 0.00511. The number of likely N-dealkylation sites (tertiary alicyclic amines) is 1. The standard InChI is InChI=1S/C29H34N4O5/c1-37-24-14-12-20(13-15-24)25-16-26(27(34)18-32(25)28(35)21-8-4-2-5-9-21)33-17-23(30-31-33)19-38-29(36)22-10-6-3-7-11-22/h3,6-7,10-15,17,21,25-27,34H,2,4-5,8-9,16,18-19H2,1H3/t25-,26+,27+/m1/s1. The number of β-amino-alcohol motifs (C(OH)–C–C–N with tert-alkyl or cyclic N) is 1. The summed E-state index contributed by atoms with van der Waals surface area (Å²) in [4.78, 5) is 27.8. The molecule has 3 atom stereocenters. The molecule has 2 heterocycles. The average Bonchev–Trinajstić information content (AvgIpc) is 3.45. The fourth-order valence-electron chi connectivity index (χ4n) is 5.56. The van der Waals surface area contributed by atoms with Gasteiger partial charge in [0.1, 0.15) is 18.1 Å². The van der Waals surface area contributed by atoms with Gasteiger partial charge in [-0.2, -0.15) is 0 Å². The molecule has 1 saturated carbocycles. The number of ether oxygens (including phenoxy) is 2. The Balaban J connectivity index is 1.33. The molecule has 1 aliphatic carbocycles. The Morgan fingerprint density at radius 3 is 2.47 bits per heavy atom. The van der Waals surface area contributed by atoms with E-state index < -0.39 is 12.1 Å². The van der Waals surface area contributed by atoms with Crippen molar-refractivity contribution in [3.63, 3.8) is 0 Å². The van der Waals surface area contributed by atoms with Gasteiger partial charge in [-0.05, 0) is 49.1 Å². The highest BCUT2D eigenvalue weighted by Gasteiger charge is 2.41. The maximum absolute atomic E-state index is 13.6. The van der Waals surface area contributed by atoms with E-state index in [4.69, 9.17) is 9.47 Å². The summed E-state index contributed by atoms with van der Waals surface area (Å²) in [6.45, 7) is 0.194. The summed E-state index contributed by atoms with van der Waals surface area (Å²) < 4.78 is 12.3. The van der Waals surface area contributed by atoms with E-state index in [0.717, 1.165) is 37.0 Å². The lowest BCUT2D eigenvalue weighted by Gasteiger charge is -2.44. The van der Waals surface area contributed by atoms with Gasteiger partial charge in [-0.3, -0.25) is 4.79 Å². The van der Waals surface area contributed by atoms with Gasteiger partial charge >= 0.3 is 5.97 Å². The van der Waals surface area contributed by atoms with Gasteiger partial charge in [0.15, 0.2) is 0 Å². The zero-order valence-corrected chi connectivity index (χ0v) is 21.6. The lowest BCUT2D eigenvalue weighted by Crippen LogP contribution is -2.51. The molecule has 3 aromatic rings. The number of methoxy groups -OCH3 is 1. The number of rotatable bonds is 7. The number of hydrogen-bond acceptors (Lipinski definition) is 7. The van der Waals surface area contributed by atoms with Crippen molar-refractivity contribution < 1.29 is 24.2 Å². The number of aliphatic hydroxyl groups excluding tert-OH is 1. The molecule has 2 fully saturated rings. The van der Waals surface area contributed by atoms with Gasteiger partial charge < -0.3 is 19.5 Å². The minimum Gasteiger partial charge on any atom is -0.497 e. The summed E-state index contributed by atoms with van der Waals surface area (Å²) in [7, 11) is 1.63. The van der Waals surface area contributed by atoms with Crippen molar-refractivity contribution in [2.45, 2.75) is 63.3 Å². The largest absolute Gasteiger partial charge is 0.497 e. The Kier molecular flexibility index (Phi) is 8.03. The third-order valence-electron chi connectivity index (χ3n) is 7.67. The predicted octanol–water partition coefficient (Wildman–Crippen LogP) is 4.10. The first-order valence-corrected chi connectivity index (χ1v) is 13.3. The van der Waals surface area contributed by atoms with Gasteiger partial charge in [0.2, 0.25) is 5.91 Å². The van der Waals surface area contributed by atoms with Crippen molar-refractivity contribution in [3.05, 3.63) is 77.6 Å². The second-order valence-electron chi connectivity index (χ2n) is 10.1. The number of aliphatic hydroxyl groups is 1. The molecule has 0 bridgehead atoms. The van der Waals surface area contributed by atoms with Crippen molar-refractivity contribution >= 4 is 11.9 Å². The maximum atomic E-state index is 13.6. The molecular weight excluding hydrogens is 484 g/mol. The number of amides is 1. The van der Waals surface area contributed by atoms with Gasteiger partial charge in [-0.1, -0.05) is 54.8 Å². The van der Waals surface area contributed by atoms with E-state index in [1.165, 1.54) is 6.42 Å². The van der Waals surface area contributed by atoms with Crippen LogP contribution in [0.1, 0.15) is 72.2 Å². The third-order valence-corrected chi connectivity index (χ3v) is 7.67. The maximum Gasteiger partial charge on any atom is 0.338 e. The van der Waals surface area contributed by atoms with Crippen molar-refractivity contribution in [2.75, 3.05) is 13.7 Å². The molecule has 0 spiro atoms. The lowest BCUT2D eigenvalue weighted by atomic mass is 9.84. The summed E-state index contributed by atoms with van der Waals surface area (Å²) in [5.41, 5.74) is 1.94. The SMILES string of the molecule is COc1ccc([C@H]2C[C@H](n3cc(COC(=O)c4ccccc4)nn3)[C@@H](O)CN2C(=O)C2CCCCC2)cc1. The average molecular weight is 519 g/mol. The van der Waals surface area contributed by atoms with Crippen molar-refractivity contribution in [1.82, 2.24) is 19.9 Å². The number of nitrogens with zero attached hydrogens (tertiary/aromatic N) is 4. The Bertz CT molecular complexity index is 1220. The zero-order valence-electron chi connectivity index (χ0n) is 21.6. The van der Waals surface area contributed by atoms with Crippen molar-refractivity contribution in [2.24, 2.45) is 5.92 Å². The van der Waals surface area contributed by atoms with Crippen LogP contribution >= 0.6 is 0 Å². The van der Waals surface area contributed by atoms with Crippen LogP contribution in [0.3, 0.4) is 0 Å². The number of carbonyl (C=O) groups is 2. The molecule has 9 heteroatoms.